The fourth-order valence-corrected chi connectivity index (χ4v) is 4.57. The minimum atomic E-state index is -0.0810. The molecule has 3 atom stereocenters. The molecule has 2 aliphatic heterocycles. The number of halogens is 2. The van der Waals surface area contributed by atoms with Crippen molar-refractivity contribution in [3.8, 4) is 0 Å². The van der Waals surface area contributed by atoms with Crippen LogP contribution in [0.1, 0.15) is 30.9 Å². The van der Waals surface area contributed by atoms with Gasteiger partial charge in [0.05, 0.1) is 12.2 Å². The molecule has 1 spiro atoms. The van der Waals surface area contributed by atoms with Gasteiger partial charge in [0.25, 0.3) is 0 Å². The molecule has 1 aromatic carbocycles. The Bertz CT molecular complexity index is 489. The molecular weight excluding hydrogens is 386 g/mol. The minimum absolute atomic E-state index is 0.0406. The fraction of sp³-hybridized carbons (Fsp3) is 0.600. The van der Waals surface area contributed by atoms with E-state index in [1.54, 1.807) is 0 Å². The molecule has 0 radical (unpaired) electrons. The fourth-order valence-electron chi connectivity index (χ4n) is 3.26. The number of benzene rings is 1. The van der Waals surface area contributed by atoms with Crippen LogP contribution in [0, 0.1) is 5.92 Å². The maximum absolute atomic E-state index is 6.53. The minimum Gasteiger partial charge on any atom is -0.378 e. The van der Waals surface area contributed by atoms with Crippen molar-refractivity contribution in [2.75, 3.05) is 19.8 Å². The van der Waals surface area contributed by atoms with E-state index in [0.29, 0.717) is 5.92 Å². The predicted octanol–water partition coefficient (Wildman–Crippen LogP) is 3.80. The smallest absolute Gasteiger partial charge is 0.0940 e. The van der Waals surface area contributed by atoms with E-state index < -0.39 is 0 Å². The molecule has 0 saturated carbocycles. The third-order valence-electron chi connectivity index (χ3n) is 4.43. The summed E-state index contributed by atoms with van der Waals surface area (Å²) in [6.07, 6.45) is 3.01. The number of hydrogen-bond acceptors (Lipinski definition) is 3. The standard InChI is InChI=1S/C15H19Br2NO2/c16-11-1-2-12(13(17)7-11)14(18)10-3-5-20-15(8-10)4-6-19-9-15/h1-2,7,10,14H,3-6,8-9,18H2. The van der Waals surface area contributed by atoms with Crippen LogP contribution >= 0.6 is 31.9 Å². The SMILES string of the molecule is NC(c1ccc(Br)cc1Br)C1CCOC2(CCOC2)C1. The highest BCUT2D eigenvalue weighted by Crippen LogP contribution is 2.41. The van der Waals surface area contributed by atoms with E-state index >= 15 is 0 Å². The van der Waals surface area contributed by atoms with E-state index in [2.05, 4.69) is 44.0 Å². The third-order valence-corrected chi connectivity index (χ3v) is 5.61. The average molecular weight is 405 g/mol. The molecule has 0 amide bonds. The van der Waals surface area contributed by atoms with E-state index in [4.69, 9.17) is 15.2 Å². The molecule has 0 bridgehead atoms. The maximum atomic E-state index is 6.53. The quantitative estimate of drug-likeness (QED) is 0.815. The van der Waals surface area contributed by atoms with Crippen LogP contribution in [0.2, 0.25) is 0 Å². The Morgan fingerprint density at radius 1 is 1.30 bits per heavy atom. The van der Waals surface area contributed by atoms with Gasteiger partial charge in [0.15, 0.2) is 0 Å². The molecule has 110 valence electrons. The highest BCUT2D eigenvalue weighted by atomic mass is 79.9. The van der Waals surface area contributed by atoms with Crippen molar-refractivity contribution in [2.24, 2.45) is 11.7 Å². The van der Waals surface area contributed by atoms with Crippen molar-refractivity contribution in [3.63, 3.8) is 0 Å². The molecular formula is C15H19Br2NO2. The average Bonchev–Trinajstić information content (AvgIpc) is 2.86. The topological polar surface area (TPSA) is 44.5 Å². The molecule has 2 N–H and O–H groups in total. The summed E-state index contributed by atoms with van der Waals surface area (Å²) < 4.78 is 13.7. The first kappa shape index (κ1) is 15.0. The van der Waals surface area contributed by atoms with Gasteiger partial charge < -0.3 is 15.2 Å². The normalized spacial score (nSPS) is 31.6. The molecule has 3 unspecified atom stereocenters. The second-order valence-corrected chi connectivity index (χ2v) is 7.55. The van der Waals surface area contributed by atoms with Gasteiger partial charge in [-0.25, -0.2) is 0 Å². The highest BCUT2D eigenvalue weighted by molar-refractivity contribution is 9.11. The van der Waals surface area contributed by atoms with Gasteiger partial charge in [-0.15, -0.1) is 0 Å². The first-order valence-electron chi connectivity index (χ1n) is 7.02. The molecule has 2 heterocycles. The summed E-state index contributed by atoms with van der Waals surface area (Å²) in [6.45, 7) is 2.32. The van der Waals surface area contributed by atoms with Gasteiger partial charge in [-0.1, -0.05) is 37.9 Å². The molecule has 3 rings (SSSR count). The van der Waals surface area contributed by atoms with Crippen molar-refractivity contribution < 1.29 is 9.47 Å². The van der Waals surface area contributed by atoms with E-state index in [1.807, 2.05) is 6.07 Å². The van der Waals surface area contributed by atoms with Crippen molar-refractivity contribution in [2.45, 2.75) is 30.9 Å². The van der Waals surface area contributed by atoms with Crippen LogP contribution in [0.15, 0.2) is 27.1 Å². The van der Waals surface area contributed by atoms with Crippen LogP contribution in [0.25, 0.3) is 0 Å². The summed E-state index contributed by atoms with van der Waals surface area (Å²) in [6, 6.07) is 6.25. The van der Waals surface area contributed by atoms with E-state index in [-0.39, 0.29) is 11.6 Å². The lowest BCUT2D eigenvalue weighted by molar-refractivity contribution is -0.101. The van der Waals surface area contributed by atoms with E-state index in [9.17, 15) is 0 Å². The molecule has 2 fully saturated rings. The summed E-state index contributed by atoms with van der Waals surface area (Å²) in [5.41, 5.74) is 7.62. The zero-order valence-corrected chi connectivity index (χ0v) is 14.5. The molecule has 1 aromatic rings. The van der Waals surface area contributed by atoms with Crippen LogP contribution < -0.4 is 5.73 Å². The lowest BCUT2D eigenvalue weighted by Gasteiger charge is -2.39. The van der Waals surface area contributed by atoms with Gasteiger partial charge in [0.1, 0.15) is 0 Å². The van der Waals surface area contributed by atoms with Gasteiger partial charge in [0.2, 0.25) is 0 Å². The van der Waals surface area contributed by atoms with Gasteiger partial charge in [0, 0.05) is 34.6 Å². The second kappa shape index (κ2) is 6.05. The lowest BCUT2D eigenvalue weighted by atomic mass is 9.79. The summed E-state index contributed by atoms with van der Waals surface area (Å²) in [7, 11) is 0. The first-order chi connectivity index (χ1) is 9.60. The Morgan fingerprint density at radius 2 is 2.15 bits per heavy atom. The second-order valence-electron chi connectivity index (χ2n) is 5.78. The molecule has 5 heteroatoms. The van der Waals surface area contributed by atoms with Crippen LogP contribution in [-0.4, -0.2) is 25.4 Å². The van der Waals surface area contributed by atoms with Crippen LogP contribution in [-0.2, 0) is 9.47 Å². The van der Waals surface area contributed by atoms with Gasteiger partial charge in [-0.05, 0) is 36.5 Å². The van der Waals surface area contributed by atoms with Crippen molar-refractivity contribution in [1.82, 2.24) is 0 Å². The first-order valence-corrected chi connectivity index (χ1v) is 8.60. The Kier molecular flexibility index (Phi) is 4.53. The molecule has 2 saturated heterocycles. The maximum Gasteiger partial charge on any atom is 0.0940 e. The molecule has 0 aromatic heterocycles. The van der Waals surface area contributed by atoms with Crippen molar-refractivity contribution in [1.29, 1.82) is 0 Å². The number of hydrogen-bond donors (Lipinski definition) is 1. The summed E-state index contributed by atoms with van der Waals surface area (Å²) in [5.74, 6) is 0.447. The van der Waals surface area contributed by atoms with Crippen LogP contribution in [0.5, 0.6) is 0 Å². The van der Waals surface area contributed by atoms with Crippen LogP contribution in [0.3, 0.4) is 0 Å². The summed E-state index contributed by atoms with van der Waals surface area (Å²) in [5, 5.41) is 0. The molecule has 20 heavy (non-hydrogen) atoms. The van der Waals surface area contributed by atoms with E-state index in [0.717, 1.165) is 48.0 Å². The number of nitrogens with two attached hydrogens (primary N) is 1. The Balaban J connectivity index is 1.77. The third kappa shape index (κ3) is 2.97. The van der Waals surface area contributed by atoms with Crippen LogP contribution in [0.4, 0.5) is 0 Å². The summed E-state index contributed by atoms with van der Waals surface area (Å²) >= 11 is 7.11. The Morgan fingerprint density at radius 3 is 2.85 bits per heavy atom. The zero-order chi connectivity index (χ0) is 14.2. The zero-order valence-electron chi connectivity index (χ0n) is 11.3. The molecule has 3 nitrogen and oxygen atoms in total. The number of rotatable bonds is 2. The monoisotopic (exact) mass is 403 g/mol. The number of ether oxygens (including phenoxy) is 2. The lowest BCUT2D eigenvalue weighted by Crippen LogP contribution is -2.43. The van der Waals surface area contributed by atoms with Crippen molar-refractivity contribution >= 4 is 31.9 Å². The Labute approximate surface area is 136 Å². The molecule has 0 aliphatic carbocycles. The van der Waals surface area contributed by atoms with Crippen molar-refractivity contribution in [3.05, 3.63) is 32.7 Å². The predicted molar refractivity (Wildman–Crippen MR) is 85.6 cm³/mol. The largest absolute Gasteiger partial charge is 0.378 e. The summed E-state index contributed by atoms with van der Waals surface area (Å²) in [4.78, 5) is 0. The van der Waals surface area contributed by atoms with E-state index in [1.165, 1.54) is 5.56 Å². The van der Waals surface area contributed by atoms with Gasteiger partial charge in [-0.2, -0.15) is 0 Å². The van der Waals surface area contributed by atoms with Gasteiger partial charge in [-0.3, -0.25) is 0 Å². The molecule has 2 aliphatic rings. The van der Waals surface area contributed by atoms with Gasteiger partial charge >= 0.3 is 0 Å². The Hall–Kier alpha value is 0.0600. The highest BCUT2D eigenvalue weighted by Gasteiger charge is 2.42.